The number of Topliss-reactive ketones (excluding diaryl/α,β-unsaturated/α-hetero) is 1. The van der Waals surface area contributed by atoms with Gasteiger partial charge in [-0.25, -0.2) is 0 Å². The highest BCUT2D eigenvalue weighted by Gasteiger charge is 2.24. The zero-order chi connectivity index (χ0) is 16.3. The summed E-state index contributed by atoms with van der Waals surface area (Å²) in [5.74, 6) is -0.386. The Morgan fingerprint density at radius 1 is 1.05 bits per heavy atom. The van der Waals surface area contributed by atoms with Gasteiger partial charge in [-0.1, -0.05) is 45.8 Å². The summed E-state index contributed by atoms with van der Waals surface area (Å²) >= 11 is 3.28. The van der Waals surface area contributed by atoms with Crippen molar-refractivity contribution in [2.24, 2.45) is 0 Å². The lowest BCUT2D eigenvalue weighted by molar-refractivity contribution is 0.0826. The minimum absolute atomic E-state index is 0.0357. The minimum Gasteiger partial charge on any atom is -0.291 e. The lowest BCUT2D eigenvalue weighted by Gasteiger charge is -2.12. The van der Waals surface area contributed by atoms with E-state index < -0.39 is 16.2 Å². The number of halogens is 1. The second-order valence-corrected chi connectivity index (χ2v) is 7.36. The van der Waals surface area contributed by atoms with Crippen LogP contribution < -0.4 is 0 Å². The lowest BCUT2D eigenvalue weighted by atomic mass is 10.1. The SMILES string of the molecule is Cc1ccc(S(=O)(=O)O[C@H](C)C(=O)c2ccc(Br)cc2)cc1. The predicted octanol–water partition coefficient (Wildman–Crippen LogP) is 3.73. The molecule has 1 atom stereocenters. The molecule has 0 aliphatic carbocycles. The molecule has 22 heavy (non-hydrogen) atoms. The Hall–Kier alpha value is -1.50. The number of aryl methyl sites for hydroxylation is 1. The Bertz CT molecular complexity index is 765. The molecule has 4 nitrogen and oxygen atoms in total. The van der Waals surface area contributed by atoms with Crippen LogP contribution in [0.2, 0.25) is 0 Å². The fraction of sp³-hybridized carbons (Fsp3) is 0.188. The number of hydrogen-bond donors (Lipinski definition) is 0. The van der Waals surface area contributed by atoms with Crippen LogP contribution in [0.1, 0.15) is 22.8 Å². The third kappa shape index (κ3) is 4.03. The molecule has 6 heteroatoms. The van der Waals surface area contributed by atoms with Gasteiger partial charge in [-0.05, 0) is 38.1 Å². The topological polar surface area (TPSA) is 60.4 Å². The van der Waals surface area contributed by atoms with Crippen molar-refractivity contribution in [1.29, 1.82) is 0 Å². The van der Waals surface area contributed by atoms with E-state index in [1.165, 1.54) is 19.1 Å². The quantitative estimate of drug-likeness (QED) is 0.583. The summed E-state index contributed by atoms with van der Waals surface area (Å²) in [4.78, 5) is 12.3. The maximum absolute atomic E-state index is 12.2. The van der Waals surface area contributed by atoms with Gasteiger partial charge < -0.3 is 0 Å². The van der Waals surface area contributed by atoms with Gasteiger partial charge in [-0.15, -0.1) is 0 Å². The van der Waals surface area contributed by atoms with Crippen LogP contribution in [0.5, 0.6) is 0 Å². The van der Waals surface area contributed by atoms with Crippen LogP contribution in [-0.4, -0.2) is 20.3 Å². The Kier molecular flexibility index (Phi) is 5.16. The van der Waals surface area contributed by atoms with Crippen LogP contribution in [0.4, 0.5) is 0 Å². The summed E-state index contributed by atoms with van der Waals surface area (Å²) in [6, 6.07) is 12.9. The maximum Gasteiger partial charge on any atom is 0.297 e. The van der Waals surface area contributed by atoms with Gasteiger partial charge in [-0.3, -0.25) is 8.98 Å². The molecular formula is C16H15BrO4S. The predicted molar refractivity (Wildman–Crippen MR) is 87.4 cm³/mol. The highest BCUT2D eigenvalue weighted by molar-refractivity contribution is 9.10. The largest absolute Gasteiger partial charge is 0.297 e. The van der Waals surface area contributed by atoms with E-state index in [2.05, 4.69) is 15.9 Å². The standard InChI is InChI=1S/C16H15BrO4S/c1-11-3-9-15(10-4-11)22(19,20)21-12(2)16(18)13-5-7-14(17)8-6-13/h3-10,12H,1-2H3/t12-/m1/s1. The smallest absolute Gasteiger partial charge is 0.291 e. The summed E-state index contributed by atoms with van der Waals surface area (Å²) in [6.07, 6.45) is -1.09. The first-order valence-electron chi connectivity index (χ1n) is 6.59. The molecule has 2 aromatic rings. The number of benzene rings is 2. The van der Waals surface area contributed by atoms with Crippen molar-refractivity contribution < 1.29 is 17.4 Å². The van der Waals surface area contributed by atoms with E-state index in [0.717, 1.165) is 10.0 Å². The summed E-state index contributed by atoms with van der Waals surface area (Å²) in [6.45, 7) is 3.28. The fourth-order valence-electron chi connectivity index (χ4n) is 1.84. The molecule has 0 bridgehead atoms. The Labute approximate surface area is 138 Å². The van der Waals surface area contributed by atoms with E-state index in [4.69, 9.17) is 4.18 Å². The monoisotopic (exact) mass is 382 g/mol. The van der Waals surface area contributed by atoms with Crippen LogP contribution in [0.25, 0.3) is 0 Å². The molecule has 0 saturated heterocycles. The lowest BCUT2D eigenvalue weighted by Crippen LogP contribution is -2.24. The first kappa shape index (κ1) is 16.9. The van der Waals surface area contributed by atoms with Gasteiger partial charge in [0.1, 0.15) is 6.10 Å². The van der Waals surface area contributed by atoms with Crippen LogP contribution in [-0.2, 0) is 14.3 Å². The summed E-state index contributed by atoms with van der Waals surface area (Å²) in [5, 5.41) is 0. The second kappa shape index (κ2) is 6.73. The first-order valence-corrected chi connectivity index (χ1v) is 8.79. The van der Waals surface area contributed by atoms with Crippen molar-refractivity contribution in [1.82, 2.24) is 0 Å². The van der Waals surface area contributed by atoms with Crippen molar-refractivity contribution >= 4 is 31.8 Å². The molecular weight excluding hydrogens is 368 g/mol. The first-order chi connectivity index (χ1) is 10.3. The minimum atomic E-state index is -3.97. The maximum atomic E-state index is 12.2. The van der Waals surface area contributed by atoms with Crippen molar-refractivity contribution in [3.8, 4) is 0 Å². The van der Waals surface area contributed by atoms with Crippen LogP contribution in [0, 0.1) is 6.92 Å². The average molecular weight is 383 g/mol. The fourth-order valence-corrected chi connectivity index (χ4v) is 3.16. The second-order valence-electron chi connectivity index (χ2n) is 4.88. The molecule has 0 fully saturated rings. The molecule has 2 aromatic carbocycles. The number of carbonyl (C=O) groups is 1. The van der Waals surface area contributed by atoms with E-state index in [0.29, 0.717) is 5.56 Å². The number of ketones is 1. The van der Waals surface area contributed by atoms with Crippen molar-refractivity contribution in [2.45, 2.75) is 24.8 Å². The number of rotatable bonds is 5. The molecule has 0 spiro atoms. The third-order valence-electron chi connectivity index (χ3n) is 3.08. The van der Waals surface area contributed by atoms with Crippen molar-refractivity contribution in [2.75, 3.05) is 0 Å². The summed E-state index contributed by atoms with van der Waals surface area (Å²) < 4.78 is 30.2. The Morgan fingerprint density at radius 2 is 1.59 bits per heavy atom. The van der Waals surface area contributed by atoms with Gasteiger partial charge in [0.25, 0.3) is 10.1 Å². The zero-order valence-electron chi connectivity index (χ0n) is 12.1. The Morgan fingerprint density at radius 3 is 2.14 bits per heavy atom. The van der Waals surface area contributed by atoms with Crippen molar-refractivity contribution in [3.63, 3.8) is 0 Å². The summed E-state index contributed by atoms with van der Waals surface area (Å²) in [7, 11) is -3.97. The van der Waals surface area contributed by atoms with E-state index in [9.17, 15) is 13.2 Å². The molecule has 0 heterocycles. The van der Waals surface area contributed by atoms with Crippen molar-refractivity contribution in [3.05, 3.63) is 64.1 Å². The molecule has 0 amide bonds. The van der Waals surface area contributed by atoms with Gasteiger partial charge >= 0.3 is 0 Å². The molecule has 0 radical (unpaired) electrons. The highest BCUT2D eigenvalue weighted by atomic mass is 79.9. The molecule has 116 valence electrons. The Balaban J connectivity index is 2.16. The molecule has 0 saturated carbocycles. The molecule has 0 aliphatic rings. The van der Waals surface area contributed by atoms with E-state index in [1.54, 1.807) is 36.4 Å². The zero-order valence-corrected chi connectivity index (χ0v) is 14.5. The van der Waals surface area contributed by atoms with Crippen LogP contribution in [0.15, 0.2) is 57.9 Å². The third-order valence-corrected chi connectivity index (χ3v) is 5.00. The molecule has 0 aromatic heterocycles. The van der Waals surface area contributed by atoms with Crippen LogP contribution >= 0.6 is 15.9 Å². The molecule has 0 unspecified atom stereocenters. The van der Waals surface area contributed by atoms with Gasteiger partial charge in [0, 0.05) is 10.0 Å². The van der Waals surface area contributed by atoms with Gasteiger partial charge in [-0.2, -0.15) is 8.42 Å². The number of carbonyl (C=O) groups excluding carboxylic acids is 1. The highest BCUT2D eigenvalue weighted by Crippen LogP contribution is 2.18. The molecule has 2 rings (SSSR count). The van der Waals surface area contributed by atoms with E-state index >= 15 is 0 Å². The van der Waals surface area contributed by atoms with Gasteiger partial charge in [0.15, 0.2) is 5.78 Å². The summed E-state index contributed by atoms with van der Waals surface area (Å²) in [5.41, 5.74) is 1.34. The molecule has 0 aliphatic heterocycles. The van der Waals surface area contributed by atoms with Gasteiger partial charge in [0.05, 0.1) is 4.90 Å². The molecule has 0 N–H and O–H groups in total. The van der Waals surface area contributed by atoms with E-state index in [-0.39, 0.29) is 10.7 Å². The number of hydrogen-bond acceptors (Lipinski definition) is 4. The van der Waals surface area contributed by atoms with Crippen LogP contribution in [0.3, 0.4) is 0 Å². The normalized spacial score (nSPS) is 12.9. The van der Waals surface area contributed by atoms with Gasteiger partial charge in [0.2, 0.25) is 0 Å². The average Bonchev–Trinajstić information content (AvgIpc) is 2.47. The van der Waals surface area contributed by atoms with E-state index in [1.807, 2.05) is 6.92 Å².